The molecule has 1 saturated heterocycles. The molecule has 1 heterocycles. The van der Waals surface area contributed by atoms with Crippen molar-refractivity contribution in [1.82, 2.24) is 4.90 Å². The van der Waals surface area contributed by atoms with Gasteiger partial charge in [0.05, 0.1) is 11.3 Å². The van der Waals surface area contributed by atoms with Gasteiger partial charge in [0, 0.05) is 12.6 Å². The molecule has 1 aliphatic rings. The van der Waals surface area contributed by atoms with E-state index in [1.807, 2.05) is 25.1 Å². The molecule has 6 heteroatoms. The summed E-state index contributed by atoms with van der Waals surface area (Å²) in [5.74, 6) is 0.208. The lowest BCUT2D eigenvalue weighted by molar-refractivity contribution is -0.111. The second-order valence-electron chi connectivity index (χ2n) is 8.07. The minimum absolute atomic E-state index is 0.0562. The number of anilines is 1. The molecule has 1 aliphatic heterocycles. The molecule has 2 aromatic carbocycles. The van der Waals surface area contributed by atoms with Crippen molar-refractivity contribution < 1.29 is 19.4 Å². The molecule has 1 fully saturated rings. The van der Waals surface area contributed by atoms with Crippen LogP contribution in [-0.4, -0.2) is 48.1 Å². The Hall–Kier alpha value is -3.12. The highest BCUT2D eigenvalue weighted by atomic mass is 16.5. The van der Waals surface area contributed by atoms with E-state index in [1.54, 1.807) is 24.3 Å². The third-order valence-electron chi connectivity index (χ3n) is 5.58. The van der Waals surface area contributed by atoms with Crippen LogP contribution in [0.3, 0.4) is 0 Å². The Morgan fingerprint density at radius 1 is 1.19 bits per heavy atom. The summed E-state index contributed by atoms with van der Waals surface area (Å²) < 4.78 is 5.96. The predicted molar refractivity (Wildman–Crippen MR) is 123 cm³/mol. The number of nitrogens with zero attached hydrogens (tertiary/aromatic N) is 1. The highest BCUT2D eigenvalue weighted by molar-refractivity contribution is 6.06. The van der Waals surface area contributed by atoms with Crippen LogP contribution < -0.4 is 10.1 Å². The summed E-state index contributed by atoms with van der Waals surface area (Å²) >= 11 is 0. The number of piperidine rings is 1. The molecular weight excluding hydrogens is 392 g/mol. The summed E-state index contributed by atoms with van der Waals surface area (Å²) in [5.41, 5.74) is 2.20. The molecule has 0 saturated carbocycles. The Labute approximate surface area is 183 Å². The maximum atomic E-state index is 12.2. The second-order valence-corrected chi connectivity index (χ2v) is 8.07. The number of hydrogen-bond donors (Lipinski definition) is 2. The molecule has 0 unspecified atom stereocenters. The van der Waals surface area contributed by atoms with Gasteiger partial charge in [-0.05, 0) is 80.2 Å². The lowest BCUT2D eigenvalue weighted by atomic mass is 9.99. The van der Waals surface area contributed by atoms with Crippen molar-refractivity contribution in [3.63, 3.8) is 0 Å². The topological polar surface area (TPSA) is 78.9 Å². The van der Waals surface area contributed by atoms with Crippen molar-refractivity contribution in [3.8, 4) is 5.75 Å². The summed E-state index contributed by atoms with van der Waals surface area (Å²) in [6, 6.07) is 12.1. The normalized spacial score (nSPS) is 15.2. The van der Waals surface area contributed by atoms with Gasteiger partial charge in [-0.3, -0.25) is 9.69 Å². The Morgan fingerprint density at radius 3 is 2.65 bits per heavy atom. The Balaban J connectivity index is 1.52. The zero-order valence-corrected chi connectivity index (χ0v) is 18.1. The first kappa shape index (κ1) is 22.6. The minimum Gasteiger partial charge on any atom is -0.492 e. The van der Waals surface area contributed by atoms with Crippen molar-refractivity contribution in [1.29, 1.82) is 0 Å². The molecule has 6 nitrogen and oxygen atoms in total. The molecule has 31 heavy (non-hydrogen) atoms. The van der Waals surface area contributed by atoms with E-state index in [0.29, 0.717) is 6.61 Å². The first-order chi connectivity index (χ1) is 14.9. The molecular formula is C25H30N2O4. The van der Waals surface area contributed by atoms with Gasteiger partial charge < -0.3 is 15.2 Å². The summed E-state index contributed by atoms with van der Waals surface area (Å²) in [6.07, 6.45) is 5.61. The van der Waals surface area contributed by atoms with Gasteiger partial charge in [-0.1, -0.05) is 25.1 Å². The Morgan fingerprint density at radius 2 is 1.94 bits per heavy atom. The molecule has 0 radical (unpaired) electrons. The van der Waals surface area contributed by atoms with Crippen LogP contribution in [0.25, 0.3) is 6.08 Å². The number of amides is 1. The van der Waals surface area contributed by atoms with E-state index < -0.39 is 5.97 Å². The minimum atomic E-state index is -1.08. The van der Waals surface area contributed by atoms with Crippen molar-refractivity contribution in [2.75, 3.05) is 31.6 Å². The summed E-state index contributed by atoms with van der Waals surface area (Å²) in [7, 11) is 0. The van der Waals surface area contributed by atoms with Gasteiger partial charge in [0.25, 0.3) is 0 Å². The first-order valence-electron chi connectivity index (χ1n) is 10.7. The molecule has 0 atom stereocenters. The average Bonchev–Trinajstić information content (AvgIpc) is 2.75. The highest BCUT2D eigenvalue weighted by Crippen LogP contribution is 2.21. The number of rotatable bonds is 8. The van der Waals surface area contributed by atoms with Crippen LogP contribution in [0.15, 0.2) is 48.5 Å². The molecule has 164 valence electrons. The van der Waals surface area contributed by atoms with Crippen LogP contribution >= 0.6 is 0 Å². The van der Waals surface area contributed by atoms with Gasteiger partial charge >= 0.3 is 5.97 Å². The van der Waals surface area contributed by atoms with Crippen LogP contribution in [-0.2, 0) is 4.79 Å². The van der Waals surface area contributed by atoms with E-state index in [2.05, 4.69) is 17.1 Å². The number of para-hydroxylation sites is 1. The van der Waals surface area contributed by atoms with Gasteiger partial charge in [-0.25, -0.2) is 4.79 Å². The number of benzene rings is 2. The Bertz CT molecular complexity index is 946. The number of hydrogen-bond acceptors (Lipinski definition) is 4. The molecule has 0 bridgehead atoms. The van der Waals surface area contributed by atoms with Gasteiger partial charge in [-0.15, -0.1) is 0 Å². The standard InChI is InChI=1S/C25H30N2O4/c1-18-11-13-27(14-12-18)15-16-31-23-9-7-20(17-19(23)2)8-10-24(28)26-22-6-4-3-5-21(22)25(29)30/h3-10,17-18H,11-16H2,1-2H3,(H,26,28)(H,29,30)/b10-8+. The van der Waals surface area contributed by atoms with Crippen LogP contribution in [0, 0.1) is 12.8 Å². The third-order valence-corrected chi connectivity index (χ3v) is 5.58. The molecule has 0 spiro atoms. The number of carboxylic acids is 1. The number of carboxylic acid groups (broad SMARTS) is 1. The number of carbonyl (C=O) groups is 2. The van der Waals surface area contributed by atoms with Crippen LogP contribution in [0.1, 0.15) is 41.3 Å². The fraction of sp³-hybridized carbons (Fsp3) is 0.360. The van der Waals surface area contributed by atoms with E-state index in [-0.39, 0.29) is 17.2 Å². The zero-order valence-electron chi connectivity index (χ0n) is 18.1. The largest absolute Gasteiger partial charge is 0.492 e. The molecule has 3 rings (SSSR count). The van der Waals surface area contributed by atoms with E-state index in [4.69, 9.17) is 4.74 Å². The highest BCUT2D eigenvalue weighted by Gasteiger charge is 2.15. The zero-order chi connectivity index (χ0) is 22.2. The van der Waals surface area contributed by atoms with Crippen LogP contribution in [0.5, 0.6) is 5.75 Å². The SMILES string of the molecule is Cc1cc(/C=C/C(=O)Nc2ccccc2C(=O)O)ccc1OCCN1CCC(C)CC1. The maximum absolute atomic E-state index is 12.2. The number of carbonyl (C=O) groups excluding carboxylic acids is 1. The monoisotopic (exact) mass is 422 g/mol. The van der Waals surface area contributed by atoms with E-state index >= 15 is 0 Å². The summed E-state index contributed by atoms with van der Waals surface area (Å²) in [4.78, 5) is 25.9. The summed E-state index contributed by atoms with van der Waals surface area (Å²) in [6.45, 7) is 8.18. The van der Waals surface area contributed by atoms with Crippen molar-refractivity contribution in [2.24, 2.45) is 5.92 Å². The lowest BCUT2D eigenvalue weighted by Gasteiger charge is -2.30. The first-order valence-corrected chi connectivity index (χ1v) is 10.7. The third kappa shape index (κ3) is 6.69. The number of aryl methyl sites for hydroxylation is 1. The van der Waals surface area contributed by atoms with Crippen LogP contribution in [0.4, 0.5) is 5.69 Å². The van der Waals surface area contributed by atoms with Crippen LogP contribution in [0.2, 0.25) is 0 Å². The number of ether oxygens (including phenoxy) is 1. The molecule has 1 amide bonds. The van der Waals surface area contributed by atoms with Crippen molar-refractivity contribution >= 4 is 23.6 Å². The van der Waals surface area contributed by atoms with Gasteiger partial charge in [0.15, 0.2) is 0 Å². The summed E-state index contributed by atoms with van der Waals surface area (Å²) in [5, 5.41) is 11.8. The average molecular weight is 423 g/mol. The second kappa shape index (κ2) is 10.8. The predicted octanol–water partition coefficient (Wildman–Crippen LogP) is 4.46. The van der Waals surface area contributed by atoms with E-state index in [0.717, 1.165) is 42.4 Å². The molecule has 2 N–H and O–H groups in total. The maximum Gasteiger partial charge on any atom is 0.337 e. The lowest BCUT2D eigenvalue weighted by Crippen LogP contribution is -2.35. The van der Waals surface area contributed by atoms with Gasteiger partial charge in [0.1, 0.15) is 12.4 Å². The fourth-order valence-corrected chi connectivity index (χ4v) is 3.63. The fourth-order valence-electron chi connectivity index (χ4n) is 3.63. The van der Waals surface area contributed by atoms with Crippen molar-refractivity contribution in [2.45, 2.75) is 26.7 Å². The number of aromatic carboxylic acids is 1. The quantitative estimate of drug-likeness (QED) is 0.614. The molecule has 2 aromatic rings. The molecule has 0 aliphatic carbocycles. The molecule has 0 aromatic heterocycles. The van der Waals surface area contributed by atoms with Gasteiger partial charge in [0.2, 0.25) is 5.91 Å². The van der Waals surface area contributed by atoms with Crippen molar-refractivity contribution in [3.05, 3.63) is 65.2 Å². The van der Waals surface area contributed by atoms with E-state index in [1.165, 1.54) is 25.0 Å². The number of likely N-dealkylation sites (tertiary alicyclic amines) is 1. The number of nitrogens with one attached hydrogen (secondary N) is 1. The smallest absolute Gasteiger partial charge is 0.337 e. The van der Waals surface area contributed by atoms with E-state index in [9.17, 15) is 14.7 Å². The Kier molecular flexibility index (Phi) is 7.84. The van der Waals surface area contributed by atoms with Gasteiger partial charge in [-0.2, -0.15) is 0 Å².